The fourth-order valence-corrected chi connectivity index (χ4v) is 4.44. The first-order valence-electron chi connectivity index (χ1n) is 15.5. The number of hydrogen-bond donors (Lipinski definition) is 3. The molecule has 0 aromatic heterocycles. The smallest absolute Gasteiger partial charge is 0.160 e. The minimum absolute atomic E-state index is 0.138. The second-order valence-corrected chi connectivity index (χ2v) is 12.5. The molecule has 1 aliphatic carbocycles. The molecule has 0 radical (unpaired) electrons. The minimum atomic E-state index is -0.418. The number of hydrogen-bond acceptors (Lipinski definition) is 7. The number of carbonyl (C=O) groups excluding carboxylic acids is 1. The molecule has 0 spiro atoms. The molecule has 2 aromatic carbocycles. The molecule has 0 bridgehead atoms. The lowest BCUT2D eigenvalue weighted by molar-refractivity contribution is -0.108. The Morgan fingerprint density at radius 1 is 1.02 bits per heavy atom. The lowest BCUT2D eigenvalue weighted by Crippen LogP contribution is -2.28. The normalized spacial score (nSPS) is 14.7. The largest absolute Gasteiger partial charge is 0.490 e. The van der Waals surface area contributed by atoms with Crippen LogP contribution in [0.2, 0.25) is 0 Å². The molecule has 2 unspecified atom stereocenters. The van der Waals surface area contributed by atoms with Crippen molar-refractivity contribution in [3.63, 3.8) is 0 Å². The van der Waals surface area contributed by atoms with Gasteiger partial charge in [0.25, 0.3) is 0 Å². The maximum atomic E-state index is 12.0. The quantitative estimate of drug-likeness (QED) is 0.143. The van der Waals surface area contributed by atoms with E-state index in [1.165, 1.54) is 11.9 Å². The molecular weight excluding hydrogens is 566 g/mol. The van der Waals surface area contributed by atoms with Crippen molar-refractivity contribution in [3.8, 4) is 0 Å². The zero-order chi connectivity index (χ0) is 33.0. The van der Waals surface area contributed by atoms with Crippen molar-refractivity contribution in [1.82, 2.24) is 5.32 Å². The van der Waals surface area contributed by atoms with Crippen LogP contribution in [-0.4, -0.2) is 25.5 Å². The number of nitrogens with one attached hydrogen (secondary N) is 2. The summed E-state index contributed by atoms with van der Waals surface area (Å²) in [6, 6.07) is 17.6. The highest BCUT2D eigenvalue weighted by Gasteiger charge is 2.20. The van der Waals surface area contributed by atoms with Crippen molar-refractivity contribution in [1.29, 1.82) is 0 Å². The summed E-state index contributed by atoms with van der Waals surface area (Å²) in [5.41, 5.74) is 3.25. The summed E-state index contributed by atoms with van der Waals surface area (Å²) in [5.74, 6) is 1.66. The first-order chi connectivity index (χ1) is 21.0. The van der Waals surface area contributed by atoms with Gasteiger partial charge in [-0.2, -0.15) is 0 Å². The predicted molar refractivity (Wildman–Crippen MR) is 189 cm³/mol. The van der Waals surface area contributed by atoms with E-state index < -0.39 is 6.04 Å². The van der Waals surface area contributed by atoms with Crippen LogP contribution in [0.3, 0.4) is 0 Å². The number of carbonyl (C=O) groups is 1. The molecule has 1 aliphatic rings. The second-order valence-electron chi connectivity index (χ2n) is 11.8. The van der Waals surface area contributed by atoms with Crippen LogP contribution in [0.25, 0.3) is 0 Å². The molecule has 0 fully saturated rings. The average molecular weight is 622 g/mol. The van der Waals surface area contributed by atoms with Gasteiger partial charge in [0, 0.05) is 28.7 Å². The number of ether oxygens (including phenoxy) is 2. The summed E-state index contributed by atoms with van der Waals surface area (Å²) in [7, 11) is 0. The van der Waals surface area contributed by atoms with E-state index in [-0.39, 0.29) is 11.3 Å². The molecule has 2 atom stereocenters. The Bertz CT molecular complexity index is 1200. The third-order valence-corrected chi connectivity index (χ3v) is 6.59. The highest BCUT2D eigenvalue weighted by molar-refractivity contribution is 7.97. The van der Waals surface area contributed by atoms with E-state index in [2.05, 4.69) is 64.0 Å². The van der Waals surface area contributed by atoms with Gasteiger partial charge in [0.1, 0.15) is 6.29 Å². The Balaban J connectivity index is 0.000000824. The standard InChI is InChI=1S/C29H42N2O3.C6H7NS.C2H6/c1-8-33-27-14-12-24(13-15-28(27)34-20-21(2)3)26(19-32)31-25-11-9-10-23(16-25)18-30-22(4)17-29(5,6)7;7-8-6-4-2-1-3-5-6;1-2/h9-16,19,21,24,26,30-31H,4,8,17-18,20H2,1-3,5-7H3;1-5H,7H2;1-2H3. The summed E-state index contributed by atoms with van der Waals surface area (Å²) < 4.78 is 11.7. The molecule has 2 aromatic rings. The van der Waals surface area contributed by atoms with E-state index in [9.17, 15) is 4.79 Å². The lowest BCUT2D eigenvalue weighted by Gasteiger charge is -2.21. The van der Waals surface area contributed by atoms with Crippen molar-refractivity contribution >= 4 is 23.9 Å². The van der Waals surface area contributed by atoms with E-state index in [0.29, 0.717) is 37.2 Å². The van der Waals surface area contributed by atoms with Crippen LogP contribution in [0.4, 0.5) is 5.69 Å². The molecule has 4 N–H and O–H groups in total. The van der Waals surface area contributed by atoms with E-state index in [0.717, 1.165) is 34.6 Å². The summed E-state index contributed by atoms with van der Waals surface area (Å²) in [4.78, 5) is 13.1. The molecule has 6 nitrogen and oxygen atoms in total. The second kappa shape index (κ2) is 21.3. The maximum Gasteiger partial charge on any atom is 0.160 e. The molecule has 0 amide bonds. The molecule has 242 valence electrons. The number of benzene rings is 2. The van der Waals surface area contributed by atoms with Crippen LogP contribution in [0.5, 0.6) is 0 Å². The molecule has 0 aliphatic heterocycles. The van der Waals surface area contributed by atoms with E-state index in [1.807, 2.05) is 87.5 Å². The highest BCUT2D eigenvalue weighted by Crippen LogP contribution is 2.24. The van der Waals surface area contributed by atoms with Crippen LogP contribution in [0.1, 0.15) is 67.4 Å². The Hall–Kier alpha value is -3.42. The number of nitrogens with two attached hydrogens (primary N) is 1. The Morgan fingerprint density at radius 3 is 2.18 bits per heavy atom. The fraction of sp³-hybridized carbons (Fsp3) is 0.432. The summed E-state index contributed by atoms with van der Waals surface area (Å²) in [6.07, 6.45) is 9.67. The third kappa shape index (κ3) is 15.9. The van der Waals surface area contributed by atoms with Crippen molar-refractivity contribution in [2.45, 2.75) is 79.3 Å². The number of anilines is 1. The van der Waals surface area contributed by atoms with Crippen molar-refractivity contribution in [2.24, 2.45) is 22.4 Å². The minimum Gasteiger partial charge on any atom is -0.490 e. The topological polar surface area (TPSA) is 85.6 Å². The lowest BCUT2D eigenvalue weighted by atomic mass is 9.91. The van der Waals surface area contributed by atoms with Crippen molar-refractivity contribution < 1.29 is 14.3 Å². The van der Waals surface area contributed by atoms with Crippen LogP contribution < -0.4 is 15.8 Å². The summed E-state index contributed by atoms with van der Waals surface area (Å²) >= 11 is 1.27. The highest BCUT2D eigenvalue weighted by atomic mass is 32.2. The van der Waals surface area contributed by atoms with E-state index >= 15 is 0 Å². The van der Waals surface area contributed by atoms with Crippen LogP contribution in [-0.2, 0) is 20.8 Å². The van der Waals surface area contributed by atoms with Crippen LogP contribution in [0.15, 0.2) is 108 Å². The monoisotopic (exact) mass is 621 g/mol. The van der Waals surface area contributed by atoms with Gasteiger partial charge in [0.15, 0.2) is 11.5 Å². The zero-order valence-electron chi connectivity index (χ0n) is 28.1. The molecular formula is C37H55N3O3S. The van der Waals surface area contributed by atoms with Gasteiger partial charge in [-0.15, -0.1) is 0 Å². The Morgan fingerprint density at radius 2 is 1.66 bits per heavy atom. The van der Waals surface area contributed by atoms with Crippen LogP contribution in [0, 0.1) is 17.3 Å². The van der Waals surface area contributed by atoms with Gasteiger partial charge in [-0.1, -0.05) is 97.5 Å². The molecule has 0 saturated carbocycles. The first-order valence-corrected chi connectivity index (χ1v) is 16.4. The SMILES string of the molecule is C=C(CC(C)(C)C)NCc1cccc(NC(C=O)C2C=CC(OCC)=C(OCC(C)C)C=C2)c1.CC.NSc1ccccc1. The van der Waals surface area contributed by atoms with Crippen molar-refractivity contribution in [3.05, 3.63) is 108 Å². The molecule has 44 heavy (non-hydrogen) atoms. The van der Waals surface area contributed by atoms with Gasteiger partial charge >= 0.3 is 0 Å². The van der Waals surface area contributed by atoms with Crippen LogP contribution >= 0.6 is 11.9 Å². The molecule has 3 rings (SSSR count). The predicted octanol–water partition coefficient (Wildman–Crippen LogP) is 9.05. The van der Waals surface area contributed by atoms with E-state index in [1.54, 1.807) is 0 Å². The average Bonchev–Trinajstić information content (AvgIpc) is 3.21. The fourth-order valence-electron chi connectivity index (χ4n) is 4.13. The molecule has 7 heteroatoms. The van der Waals surface area contributed by atoms with E-state index in [4.69, 9.17) is 14.6 Å². The molecule has 0 heterocycles. The third-order valence-electron chi connectivity index (χ3n) is 6.04. The Labute approximate surface area is 271 Å². The van der Waals surface area contributed by atoms with Gasteiger partial charge in [-0.05, 0) is 78.6 Å². The van der Waals surface area contributed by atoms with Gasteiger partial charge in [0.05, 0.1) is 19.3 Å². The van der Waals surface area contributed by atoms with Gasteiger partial charge < -0.3 is 24.9 Å². The van der Waals surface area contributed by atoms with Gasteiger partial charge in [-0.25, -0.2) is 0 Å². The van der Waals surface area contributed by atoms with Gasteiger partial charge in [-0.3, -0.25) is 5.14 Å². The first kappa shape index (κ1) is 38.6. The maximum absolute atomic E-state index is 12.0. The number of rotatable bonds is 14. The summed E-state index contributed by atoms with van der Waals surface area (Å²) in [5, 5.41) is 12.1. The summed E-state index contributed by atoms with van der Waals surface area (Å²) in [6.45, 7) is 22.8. The zero-order valence-corrected chi connectivity index (χ0v) is 28.9. The van der Waals surface area contributed by atoms with Crippen molar-refractivity contribution in [2.75, 3.05) is 18.5 Å². The number of allylic oxidation sites excluding steroid dienone is 3. The van der Waals surface area contributed by atoms with Gasteiger partial charge in [0.2, 0.25) is 0 Å². The Kier molecular flexibility index (Phi) is 18.7. The number of aldehydes is 1. The molecule has 0 saturated heterocycles.